The minimum absolute atomic E-state index is 0. The van der Waals surface area contributed by atoms with Crippen LogP contribution < -0.4 is 44.0 Å². The van der Waals surface area contributed by atoms with E-state index in [0.717, 1.165) is 0 Å². The molecule has 0 saturated carbocycles. The zero-order valence-corrected chi connectivity index (χ0v) is 35.1. The van der Waals surface area contributed by atoms with Crippen LogP contribution in [-0.2, 0) is 13.7 Å². The Bertz CT molecular complexity index is 214. The molecule has 0 unspecified atom stereocenters. The molecule has 21 heteroatoms. The van der Waals surface area contributed by atoms with Crippen molar-refractivity contribution in [3.05, 3.63) is 0 Å². The van der Waals surface area contributed by atoms with Gasteiger partial charge in [-0.2, -0.15) is 23.5 Å². The van der Waals surface area contributed by atoms with Crippen molar-refractivity contribution in [2.45, 2.75) is 0 Å². The molecule has 0 atom stereocenters. The Balaban J connectivity index is -0.0000000129. The average molecular weight is 989 g/mol. The van der Waals surface area contributed by atoms with Crippen LogP contribution >= 0.6 is 23.5 Å². The quantitative estimate of drug-likeness (QED) is 0.161. The summed E-state index contributed by atoms with van der Waals surface area (Å²) in [5.41, 5.74) is 0. The third kappa shape index (κ3) is 290. The molecule has 0 aliphatic rings. The maximum absolute atomic E-state index is 8.55. The average Bonchev–Trinajstić information content (AvgIpc) is 1.41. The van der Waals surface area contributed by atoms with Gasteiger partial charge in [0.15, 0.2) is 0 Å². The maximum Gasteiger partial charge on any atom is 2.00 e. The monoisotopic (exact) mass is 991 g/mol. The maximum atomic E-state index is 8.55. The van der Waals surface area contributed by atoms with Crippen LogP contribution in [0.4, 0.5) is 0 Å². The van der Waals surface area contributed by atoms with Crippen molar-refractivity contribution in [1.82, 2.24) is 0 Å². The minimum atomic E-state index is -5.39. The Kier molecular flexibility index (Phi) is 82.2. The van der Waals surface area contributed by atoms with Crippen LogP contribution in [0.25, 0.3) is 0 Å². The van der Waals surface area contributed by atoms with Gasteiger partial charge >= 0.3 is 244 Å². The van der Waals surface area contributed by atoms with Crippen LogP contribution in [-0.4, -0.2) is 250 Å². The number of rotatable bonds is 0. The van der Waals surface area contributed by atoms with E-state index in [1.54, 1.807) is 0 Å². The van der Waals surface area contributed by atoms with E-state index in [9.17, 15) is 0 Å². The zero-order chi connectivity index (χ0) is 13.5. The number of hydrogen-bond donors (Lipinski definition) is 0. The summed E-state index contributed by atoms with van der Waals surface area (Å²) in [6, 6.07) is 0. The van der Waals surface area contributed by atoms with Gasteiger partial charge in [-0.25, -0.2) is 0 Å². The number of hydrogen-bond acceptors (Lipinski definition) is 13. The second-order valence-corrected chi connectivity index (χ2v) is 4.02. The first-order valence-corrected chi connectivity index (χ1v) is 6.57. The molecular formula is HBa5O13P3. The van der Waals surface area contributed by atoms with Crippen molar-refractivity contribution in [3.63, 3.8) is 0 Å². The molecule has 1 N–H and O–H groups in total. The summed E-state index contributed by atoms with van der Waals surface area (Å²) >= 11 is 0. The topological polar surface area (TPSA) is 289 Å². The van der Waals surface area contributed by atoms with Gasteiger partial charge in [0.1, 0.15) is 0 Å². The Morgan fingerprint density at radius 2 is 0.381 bits per heavy atom. The van der Waals surface area contributed by atoms with Gasteiger partial charge < -0.3 is 63.2 Å². The first kappa shape index (κ1) is 56.9. The van der Waals surface area contributed by atoms with Crippen LogP contribution in [0.1, 0.15) is 0 Å². The summed E-state index contributed by atoms with van der Waals surface area (Å²) < 4.78 is 25.6. The molecule has 0 aromatic carbocycles. The zero-order valence-electron chi connectivity index (χ0n) is 10.2. The summed E-state index contributed by atoms with van der Waals surface area (Å²) in [4.78, 5) is 76.9. The van der Waals surface area contributed by atoms with E-state index in [1.165, 1.54) is 0 Å². The third-order valence-corrected chi connectivity index (χ3v) is 0. The Labute approximate surface area is 321 Å². The van der Waals surface area contributed by atoms with E-state index in [1.807, 2.05) is 0 Å². The molecule has 0 saturated heterocycles. The van der Waals surface area contributed by atoms with Gasteiger partial charge in [-0.15, -0.1) is 0 Å². The molecule has 21 heavy (non-hydrogen) atoms. The first-order chi connectivity index (χ1) is 6.00. The normalized spacial score (nSPS) is 8.43. The third-order valence-electron chi connectivity index (χ3n) is 0. The van der Waals surface area contributed by atoms with Crippen molar-refractivity contribution < 1.29 is 63.2 Å². The fourth-order valence-electron chi connectivity index (χ4n) is 0. The molecule has 104 valence electrons. The Morgan fingerprint density at radius 1 is 0.381 bits per heavy atom. The summed E-state index contributed by atoms with van der Waals surface area (Å²) in [6.45, 7) is 0. The summed E-state index contributed by atoms with van der Waals surface area (Å²) in [7, 11) is -16.2. The molecule has 0 heterocycles. The number of phosphoric acid groups is 3. The van der Waals surface area contributed by atoms with E-state index in [4.69, 9.17) is 57.7 Å². The van der Waals surface area contributed by atoms with E-state index in [0.29, 0.717) is 0 Å². The van der Waals surface area contributed by atoms with Gasteiger partial charge in [-0.05, 0) is 0 Å². The molecule has 0 aromatic rings. The van der Waals surface area contributed by atoms with Crippen LogP contribution in [0, 0.1) is 0 Å². The molecule has 0 aliphatic carbocycles. The van der Waals surface area contributed by atoms with Crippen molar-refractivity contribution in [3.8, 4) is 0 Å². The van der Waals surface area contributed by atoms with E-state index in [2.05, 4.69) is 0 Å². The molecule has 0 radical (unpaired) electrons. The second kappa shape index (κ2) is 30.3. The van der Waals surface area contributed by atoms with Gasteiger partial charge in [-0.1, -0.05) is 0 Å². The van der Waals surface area contributed by atoms with Gasteiger partial charge in [0.2, 0.25) is 0 Å². The first-order valence-electron chi connectivity index (χ1n) is 2.19. The summed E-state index contributed by atoms with van der Waals surface area (Å²) in [5.74, 6) is 0. The summed E-state index contributed by atoms with van der Waals surface area (Å²) in [6.07, 6.45) is 0. The van der Waals surface area contributed by atoms with Crippen molar-refractivity contribution in [2.75, 3.05) is 0 Å². The SMILES string of the molecule is O=P([O-])([O-])[O-].O=P([O-])([O-])[O-].O=P([O-])([O-])[O-].[Ba+2].[Ba+2].[Ba+2].[Ba+2].[Ba+2].[OH-]. The van der Waals surface area contributed by atoms with E-state index < -0.39 is 23.5 Å². The molecule has 0 rings (SSSR count). The smallest absolute Gasteiger partial charge is 0.870 e. The predicted octanol–water partition coefficient (Wildman–Crippen LogP) is -10.6. The van der Waals surface area contributed by atoms with Gasteiger partial charge in [0.05, 0.1) is 0 Å². The molecule has 13 nitrogen and oxygen atoms in total. The Morgan fingerprint density at radius 3 is 0.381 bits per heavy atom. The Hall–Kier alpha value is 8.15. The molecule has 0 fully saturated rings. The molecule has 0 spiro atoms. The van der Waals surface area contributed by atoms with Gasteiger partial charge in [-0.3, -0.25) is 0 Å². The van der Waals surface area contributed by atoms with Crippen LogP contribution in [0.2, 0.25) is 0 Å². The largest absolute Gasteiger partial charge is 2.00 e. The van der Waals surface area contributed by atoms with Crippen molar-refractivity contribution in [2.24, 2.45) is 0 Å². The fraction of sp³-hybridized carbons (Fsp3) is 0. The minimum Gasteiger partial charge on any atom is -0.870 e. The van der Waals surface area contributed by atoms with Crippen molar-refractivity contribution in [1.29, 1.82) is 0 Å². The van der Waals surface area contributed by atoms with Gasteiger partial charge in [0.25, 0.3) is 0 Å². The van der Waals surface area contributed by atoms with E-state index >= 15 is 0 Å². The molecule has 0 aromatic heterocycles. The second-order valence-electron chi connectivity index (χ2n) is 1.34. The van der Waals surface area contributed by atoms with Crippen LogP contribution in [0.5, 0.6) is 0 Å². The molecule has 0 aliphatic heterocycles. The fourth-order valence-corrected chi connectivity index (χ4v) is 0. The predicted molar refractivity (Wildman–Crippen MR) is 53.5 cm³/mol. The van der Waals surface area contributed by atoms with E-state index in [-0.39, 0.29) is 250 Å². The molecule has 0 amide bonds. The standard InChI is InChI=1S/5Ba.3H3O4P.H2O/c;;;;;3*1-5(2,3)4;/h;;;;;3*(H3,1,2,3,4);1H2/q5*+2;;;;/p-10. The molecular weight excluding hydrogens is 988 g/mol. The van der Waals surface area contributed by atoms with Crippen LogP contribution in [0.15, 0.2) is 0 Å². The molecule has 0 bridgehead atoms. The van der Waals surface area contributed by atoms with Crippen molar-refractivity contribution >= 4 is 268 Å². The van der Waals surface area contributed by atoms with Crippen LogP contribution in [0.3, 0.4) is 0 Å². The van der Waals surface area contributed by atoms with Gasteiger partial charge in [0, 0.05) is 0 Å². The summed E-state index contributed by atoms with van der Waals surface area (Å²) in [5, 5.41) is 0.